The zero-order valence-electron chi connectivity index (χ0n) is 10.3. The molecule has 0 aliphatic carbocycles. The Hall–Kier alpha value is -1.56. The fourth-order valence-corrected chi connectivity index (χ4v) is 2.06. The second kappa shape index (κ2) is 5.83. The quantitative estimate of drug-likeness (QED) is 0.666. The van der Waals surface area contributed by atoms with Gasteiger partial charge in [-0.3, -0.25) is 5.84 Å². The van der Waals surface area contributed by atoms with Crippen molar-refractivity contribution in [3.05, 3.63) is 70.2 Å². The van der Waals surface area contributed by atoms with Gasteiger partial charge in [-0.15, -0.1) is 0 Å². The number of hydrogen-bond acceptors (Lipinski definition) is 2. The smallest absolute Gasteiger partial charge is 0.271 e. The number of halogens is 4. The van der Waals surface area contributed by atoms with Gasteiger partial charge in [0, 0.05) is 5.02 Å². The molecule has 0 saturated heterocycles. The van der Waals surface area contributed by atoms with Crippen molar-refractivity contribution in [3.63, 3.8) is 0 Å². The highest BCUT2D eigenvalue weighted by Gasteiger charge is 2.31. The lowest BCUT2D eigenvalue weighted by Gasteiger charge is -2.18. The average molecular weight is 301 g/mol. The van der Waals surface area contributed by atoms with E-state index < -0.39 is 17.8 Å². The summed E-state index contributed by atoms with van der Waals surface area (Å²) in [7, 11) is 0. The summed E-state index contributed by atoms with van der Waals surface area (Å²) >= 11 is 5.79. The van der Waals surface area contributed by atoms with Gasteiger partial charge in [0.15, 0.2) is 0 Å². The third kappa shape index (κ3) is 3.30. The van der Waals surface area contributed by atoms with Crippen molar-refractivity contribution in [2.24, 2.45) is 5.84 Å². The van der Waals surface area contributed by atoms with Gasteiger partial charge in [-0.25, -0.2) is 5.43 Å². The predicted molar refractivity (Wildman–Crippen MR) is 72.1 cm³/mol. The highest BCUT2D eigenvalue weighted by atomic mass is 35.5. The monoisotopic (exact) mass is 300 g/mol. The largest absolute Gasteiger partial charge is 0.416 e. The fraction of sp³-hybridized carbons (Fsp3) is 0.143. The Labute approximate surface area is 119 Å². The van der Waals surface area contributed by atoms with Crippen LogP contribution in [0.4, 0.5) is 13.2 Å². The highest BCUT2D eigenvalue weighted by Crippen LogP contribution is 2.32. The van der Waals surface area contributed by atoms with E-state index in [0.29, 0.717) is 10.6 Å². The van der Waals surface area contributed by atoms with Gasteiger partial charge in [-0.05, 0) is 35.4 Å². The van der Waals surface area contributed by atoms with Crippen LogP contribution in [0.1, 0.15) is 22.7 Å². The summed E-state index contributed by atoms with van der Waals surface area (Å²) in [6.07, 6.45) is -4.38. The number of rotatable bonds is 3. The van der Waals surface area contributed by atoms with Gasteiger partial charge in [-0.1, -0.05) is 35.9 Å². The van der Waals surface area contributed by atoms with E-state index in [9.17, 15) is 13.2 Å². The summed E-state index contributed by atoms with van der Waals surface area (Å²) in [4.78, 5) is 0. The standard InChI is InChI=1S/C14H12ClF3N2/c15-12-6-4-9(5-7-12)13(20-19)10-2-1-3-11(8-10)14(16,17)18/h1-8,13,20H,19H2. The zero-order valence-corrected chi connectivity index (χ0v) is 11.0. The van der Waals surface area contributed by atoms with E-state index in [1.54, 1.807) is 30.3 Å². The molecule has 2 nitrogen and oxygen atoms in total. The van der Waals surface area contributed by atoms with E-state index in [2.05, 4.69) is 5.43 Å². The molecule has 1 unspecified atom stereocenters. The lowest BCUT2D eigenvalue weighted by Crippen LogP contribution is -2.29. The molecular weight excluding hydrogens is 289 g/mol. The van der Waals surface area contributed by atoms with Crippen LogP contribution < -0.4 is 11.3 Å². The third-order valence-electron chi connectivity index (χ3n) is 2.92. The molecule has 0 aromatic heterocycles. The maximum Gasteiger partial charge on any atom is 0.416 e. The molecule has 0 radical (unpaired) electrons. The normalized spacial score (nSPS) is 13.2. The van der Waals surface area contributed by atoms with E-state index >= 15 is 0 Å². The number of nitrogens with one attached hydrogen (secondary N) is 1. The van der Waals surface area contributed by atoms with Gasteiger partial charge in [-0.2, -0.15) is 13.2 Å². The average Bonchev–Trinajstić information content (AvgIpc) is 2.41. The number of hydrazine groups is 1. The molecule has 0 aliphatic rings. The molecule has 1 atom stereocenters. The van der Waals surface area contributed by atoms with E-state index in [0.717, 1.165) is 17.7 Å². The predicted octanol–water partition coefficient (Wildman–Crippen LogP) is 3.91. The Morgan fingerprint density at radius 1 is 1.00 bits per heavy atom. The third-order valence-corrected chi connectivity index (χ3v) is 3.17. The van der Waals surface area contributed by atoms with Crippen LogP contribution >= 0.6 is 11.6 Å². The maximum absolute atomic E-state index is 12.7. The van der Waals surface area contributed by atoms with Gasteiger partial charge in [0.1, 0.15) is 0 Å². The molecule has 0 saturated carbocycles. The summed E-state index contributed by atoms with van der Waals surface area (Å²) in [5, 5.41) is 0.550. The summed E-state index contributed by atoms with van der Waals surface area (Å²) < 4.78 is 38.2. The lowest BCUT2D eigenvalue weighted by atomic mass is 9.97. The zero-order chi connectivity index (χ0) is 14.8. The SMILES string of the molecule is NNC(c1ccc(Cl)cc1)c1cccc(C(F)(F)F)c1. The van der Waals surface area contributed by atoms with E-state index in [1.165, 1.54) is 6.07 Å². The molecule has 3 N–H and O–H groups in total. The molecule has 0 fully saturated rings. The fourth-order valence-electron chi connectivity index (χ4n) is 1.93. The summed E-state index contributed by atoms with van der Waals surface area (Å²) in [6, 6.07) is 11.3. The van der Waals surface area contributed by atoms with Crippen molar-refractivity contribution in [2.75, 3.05) is 0 Å². The Morgan fingerprint density at radius 3 is 2.20 bits per heavy atom. The Bertz CT molecular complexity index is 582. The molecule has 106 valence electrons. The topological polar surface area (TPSA) is 38.0 Å². The molecule has 0 aliphatic heterocycles. The Balaban J connectivity index is 2.39. The molecule has 0 spiro atoms. The van der Waals surface area contributed by atoms with Crippen LogP contribution in [0, 0.1) is 0 Å². The number of benzene rings is 2. The van der Waals surface area contributed by atoms with Crippen LogP contribution in [0.15, 0.2) is 48.5 Å². The number of nitrogens with two attached hydrogens (primary N) is 1. The second-order valence-electron chi connectivity index (χ2n) is 4.27. The van der Waals surface area contributed by atoms with Gasteiger partial charge >= 0.3 is 6.18 Å². The molecule has 6 heteroatoms. The Morgan fingerprint density at radius 2 is 1.65 bits per heavy atom. The van der Waals surface area contributed by atoms with Crippen molar-refractivity contribution >= 4 is 11.6 Å². The molecule has 2 aromatic rings. The molecule has 2 rings (SSSR count). The van der Waals surface area contributed by atoms with Gasteiger partial charge in [0.2, 0.25) is 0 Å². The first-order valence-corrected chi connectivity index (χ1v) is 6.18. The van der Waals surface area contributed by atoms with Crippen LogP contribution in [0.3, 0.4) is 0 Å². The first kappa shape index (κ1) is 14.8. The molecular formula is C14H12ClF3N2. The van der Waals surface area contributed by atoms with E-state index in [1.807, 2.05) is 0 Å². The summed E-state index contributed by atoms with van der Waals surface area (Å²) in [6.45, 7) is 0. The van der Waals surface area contributed by atoms with Crippen LogP contribution in [-0.2, 0) is 6.18 Å². The van der Waals surface area contributed by atoms with Crippen molar-refractivity contribution in [1.29, 1.82) is 0 Å². The van der Waals surface area contributed by atoms with Crippen molar-refractivity contribution in [1.82, 2.24) is 5.43 Å². The molecule has 2 aromatic carbocycles. The first-order valence-electron chi connectivity index (χ1n) is 5.80. The minimum absolute atomic E-state index is 0.435. The lowest BCUT2D eigenvalue weighted by molar-refractivity contribution is -0.137. The molecule has 0 amide bonds. The van der Waals surface area contributed by atoms with Crippen molar-refractivity contribution in [3.8, 4) is 0 Å². The van der Waals surface area contributed by atoms with Crippen LogP contribution in [0.25, 0.3) is 0 Å². The first-order chi connectivity index (χ1) is 9.41. The van der Waals surface area contributed by atoms with Gasteiger partial charge < -0.3 is 0 Å². The number of hydrogen-bond donors (Lipinski definition) is 2. The maximum atomic E-state index is 12.7. The Kier molecular flexibility index (Phi) is 4.32. The van der Waals surface area contributed by atoms with Crippen molar-refractivity contribution in [2.45, 2.75) is 12.2 Å². The number of alkyl halides is 3. The minimum atomic E-state index is -4.38. The van der Waals surface area contributed by atoms with Crippen LogP contribution in [0.5, 0.6) is 0 Å². The van der Waals surface area contributed by atoms with Gasteiger partial charge in [0.25, 0.3) is 0 Å². The van der Waals surface area contributed by atoms with Gasteiger partial charge in [0.05, 0.1) is 11.6 Å². The van der Waals surface area contributed by atoms with E-state index in [4.69, 9.17) is 17.4 Å². The van der Waals surface area contributed by atoms with E-state index in [-0.39, 0.29) is 0 Å². The summed E-state index contributed by atoms with van der Waals surface area (Å²) in [5.41, 5.74) is 2.99. The highest BCUT2D eigenvalue weighted by molar-refractivity contribution is 6.30. The second-order valence-corrected chi connectivity index (χ2v) is 4.71. The molecule has 20 heavy (non-hydrogen) atoms. The van der Waals surface area contributed by atoms with Crippen LogP contribution in [0.2, 0.25) is 5.02 Å². The molecule has 0 bridgehead atoms. The van der Waals surface area contributed by atoms with Crippen LogP contribution in [-0.4, -0.2) is 0 Å². The molecule has 0 heterocycles. The van der Waals surface area contributed by atoms with Crippen molar-refractivity contribution < 1.29 is 13.2 Å². The minimum Gasteiger partial charge on any atom is -0.271 e. The summed E-state index contributed by atoms with van der Waals surface area (Å²) in [5.74, 6) is 5.47.